The second kappa shape index (κ2) is 15.3. The summed E-state index contributed by atoms with van der Waals surface area (Å²) in [5, 5.41) is 3.94. The van der Waals surface area contributed by atoms with Gasteiger partial charge in [-0.1, -0.05) is 74.8 Å². The number of aromatic nitrogens is 1. The monoisotopic (exact) mass is 653 g/mol. The van der Waals surface area contributed by atoms with Gasteiger partial charge in [0.2, 0.25) is 0 Å². The molecule has 0 saturated carbocycles. The molecule has 0 bridgehead atoms. The van der Waals surface area contributed by atoms with Gasteiger partial charge in [0, 0.05) is 29.9 Å². The molecule has 1 aromatic heterocycles. The maximum atomic E-state index is 13.7. The Morgan fingerprint density at radius 1 is 1.00 bits per heavy atom. The van der Waals surface area contributed by atoms with Gasteiger partial charge in [-0.2, -0.15) is 0 Å². The molecule has 0 aliphatic carbocycles. The predicted molar refractivity (Wildman–Crippen MR) is 184 cm³/mol. The molecule has 0 aliphatic rings. The Bertz CT molecular complexity index is 1440. The van der Waals surface area contributed by atoms with Gasteiger partial charge < -0.3 is 24.1 Å². The van der Waals surface area contributed by atoms with Crippen LogP contribution in [0.5, 0.6) is 0 Å². The van der Waals surface area contributed by atoms with Gasteiger partial charge in [0.15, 0.2) is 14.0 Å². The van der Waals surface area contributed by atoms with Gasteiger partial charge >= 0.3 is 12.1 Å². The lowest BCUT2D eigenvalue weighted by Gasteiger charge is -2.41. The summed E-state index contributed by atoms with van der Waals surface area (Å²) in [6.07, 6.45) is 0.696. The summed E-state index contributed by atoms with van der Waals surface area (Å²) in [7, 11) is -2.27. The van der Waals surface area contributed by atoms with E-state index in [0.717, 1.165) is 16.7 Å². The Morgan fingerprint density at radius 3 is 2.29 bits per heavy atom. The number of nitrogens with zero attached hydrogens (tertiary/aromatic N) is 2. The average molecular weight is 654 g/mol. The van der Waals surface area contributed by atoms with Gasteiger partial charge in [0.1, 0.15) is 5.60 Å². The van der Waals surface area contributed by atoms with Crippen LogP contribution < -0.4 is 5.32 Å². The topological polar surface area (TPSA) is 90.0 Å². The third-order valence-corrected chi connectivity index (χ3v) is 12.4. The maximum absolute atomic E-state index is 13.7. The van der Waals surface area contributed by atoms with Crippen molar-refractivity contribution in [3.05, 3.63) is 83.1 Å². The number of carbonyl (C=O) groups excluding carboxylic acids is 2. The number of ether oxygens (including phenoxy) is 2. The molecule has 1 N–H and O–H groups in total. The number of anilines is 1. The van der Waals surface area contributed by atoms with Crippen molar-refractivity contribution < 1.29 is 23.5 Å². The number of amides is 1. The fraction of sp³-hybridized carbons (Fsp3) is 0.457. The van der Waals surface area contributed by atoms with Crippen LogP contribution in [0.3, 0.4) is 0 Å². The fourth-order valence-electron chi connectivity index (χ4n) is 4.40. The molecule has 0 saturated heterocycles. The first-order valence-corrected chi connectivity index (χ1v) is 18.7. The molecular weight excluding hydrogens is 606 g/mol. The van der Waals surface area contributed by atoms with Crippen molar-refractivity contribution >= 4 is 37.7 Å². The van der Waals surface area contributed by atoms with Crippen LogP contribution in [-0.2, 0) is 13.9 Å². The highest BCUT2D eigenvalue weighted by Crippen LogP contribution is 2.40. The minimum Gasteiger partial charge on any atom is -0.461 e. The van der Waals surface area contributed by atoms with E-state index >= 15 is 0 Å². The molecule has 10 heteroatoms. The number of halogens is 1. The van der Waals surface area contributed by atoms with Crippen molar-refractivity contribution in [1.29, 1.82) is 0 Å². The predicted octanol–water partition coefficient (Wildman–Crippen LogP) is 8.99. The Kier molecular flexibility index (Phi) is 12.2. The summed E-state index contributed by atoms with van der Waals surface area (Å²) < 4.78 is 18.1. The van der Waals surface area contributed by atoms with Gasteiger partial charge in [0.05, 0.1) is 24.9 Å². The van der Waals surface area contributed by atoms with Crippen molar-refractivity contribution in [1.82, 2.24) is 9.88 Å². The highest BCUT2D eigenvalue weighted by molar-refractivity contribution is 6.74. The molecule has 1 unspecified atom stereocenters. The standard InChI is InChI=1S/C35H48ClN3O5Si/c1-10-42-32(40)31-30(28(19-20-37-31)25-15-12-11-13-16-25)38-21-22-39(33(41)43-34(2,3)4)24-29(26-17-14-18-27(36)23-26)44-45(8,9)35(5,6)7/h11-20,23,29,38H,10,21-22,24H2,1-9H3. The first-order valence-electron chi connectivity index (χ1n) is 15.4. The largest absolute Gasteiger partial charge is 0.461 e. The Labute approximate surface area is 274 Å². The number of carbonyl (C=O) groups is 2. The lowest BCUT2D eigenvalue weighted by Crippen LogP contribution is -2.46. The van der Waals surface area contributed by atoms with Gasteiger partial charge in [-0.05, 0) is 75.2 Å². The summed E-state index contributed by atoms with van der Waals surface area (Å²) in [4.78, 5) is 32.6. The van der Waals surface area contributed by atoms with E-state index in [-0.39, 0.29) is 30.4 Å². The van der Waals surface area contributed by atoms with Crippen LogP contribution in [0.25, 0.3) is 11.1 Å². The Morgan fingerprint density at radius 2 is 1.69 bits per heavy atom. The van der Waals surface area contributed by atoms with E-state index in [1.807, 2.05) is 81.4 Å². The minimum atomic E-state index is -2.27. The third kappa shape index (κ3) is 10.3. The van der Waals surface area contributed by atoms with E-state index in [2.05, 4.69) is 44.2 Å². The molecule has 0 spiro atoms. The summed E-state index contributed by atoms with van der Waals surface area (Å²) in [5.41, 5.74) is 2.62. The molecule has 3 aromatic rings. The number of hydrogen-bond donors (Lipinski definition) is 1. The van der Waals surface area contributed by atoms with E-state index in [0.29, 0.717) is 17.3 Å². The number of benzene rings is 2. The lowest BCUT2D eigenvalue weighted by atomic mass is 10.0. The van der Waals surface area contributed by atoms with Crippen LogP contribution in [0.2, 0.25) is 23.2 Å². The van der Waals surface area contributed by atoms with Crippen LogP contribution in [0.15, 0.2) is 66.9 Å². The number of nitrogens with one attached hydrogen (secondary N) is 1. The van der Waals surface area contributed by atoms with Gasteiger partial charge in [-0.15, -0.1) is 0 Å². The van der Waals surface area contributed by atoms with Gasteiger partial charge in [-0.3, -0.25) is 0 Å². The third-order valence-electron chi connectivity index (χ3n) is 7.69. The summed E-state index contributed by atoms with van der Waals surface area (Å²) >= 11 is 6.41. The zero-order valence-corrected chi connectivity index (χ0v) is 29.8. The van der Waals surface area contributed by atoms with Crippen LogP contribution in [-0.4, -0.2) is 62.1 Å². The second-order valence-corrected chi connectivity index (χ2v) is 18.6. The highest BCUT2D eigenvalue weighted by Gasteiger charge is 2.40. The second-order valence-electron chi connectivity index (χ2n) is 13.4. The zero-order valence-electron chi connectivity index (χ0n) is 28.1. The molecule has 0 fully saturated rings. The minimum absolute atomic E-state index is 0.0558. The number of hydrogen-bond acceptors (Lipinski definition) is 7. The number of rotatable bonds is 12. The van der Waals surface area contributed by atoms with Crippen LogP contribution in [0.1, 0.15) is 70.6 Å². The zero-order chi connectivity index (χ0) is 33.4. The first-order chi connectivity index (χ1) is 21.0. The average Bonchev–Trinajstić information content (AvgIpc) is 2.95. The molecule has 8 nitrogen and oxygen atoms in total. The van der Waals surface area contributed by atoms with Crippen molar-refractivity contribution in [2.24, 2.45) is 0 Å². The number of esters is 1. The van der Waals surface area contributed by atoms with Crippen molar-refractivity contribution in [3.8, 4) is 11.1 Å². The van der Waals surface area contributed by atoms with Crippen LogP contribution in [0.4, 0.5) is 10.5 Å². The molecule has 1 heterocycles. The first kappa shape index (κ1) is 36.1. The summed E-state index contributed by atoms with van der Waals surface area (Å²) in [5.74, 6) is -0.523. The molecule has 2 aromatic carbocycles. The summed E-state index contributed by atoms with van der Waals surface area (Å²) in [6.45, 7) is 19.2. The fourth-order valence-corrected chi connectivity index (χ4v) is 5.88. The Balaban J connectivity index is 1.97. The van der Waals surface area contributed by atoms with Crippen LogP contribution >= 0.6 is 11.6 Å². The molecule has 0 aliphatic heterocycles. The van der Waals surface area contributed by atoms with Crippen molar-refractivity contribution in [3.63, 3.8) is 0 Å². The Hall–Kier alpha value is -3.40. The lowest BCUT2D eigenvalue weighted by molar-refractivity contribution is 0.0165. The van der Waals surface area contributed by atoms with Gasteiger partial charge in [0.25, 0.3) is 0 Å². The van der Waals surface area contributed by atoms with E-state index in [9.17, 15) is 9.59 Å². The SMILES string of the molecule is CCOC(=O)c1nccc(-c2ccccc2)c1NCCN(CC(O[Si](C)(C)C(C)(C)C)c1cccc(Cl)c1)C(=O)OC(C)(C)C. The summed E-state index contributed by atoms with van der Waals surface area (Å²) in [6, 6.07) is 19.2. The smallest absolute Gasteiger partial charge is 0.410 e. The number of pyridine rings is 1. The van der Waals surface area contributed by atoms with E-state index in [4.69, 9.17) is 25.5 Å². The van der Waals surface area contributed by atoms with Gasteiger partial charge in [-0.25, -0.2) is 14.6 Å². The molecule has 1 amide bonds. The quantitative estimate of drug-likeness (QED) is 0.154. The van der Waals surface area contributed by atoms with Crippen LogP contribution in [0, 0.1) is 0 Å². The maximum Gasteiger partial charge on any atom is 0.410 e. The molecule has 45 heavy (non-hydrogen) atoms. The normalized spacial score (nSPS) is 12.8. The molecular formula is C35H48ClN3O5Si. The molecule has 0 radical (unpaired) electrons. The van der Waals surface area contributed by atoms with E-state index in [1.54, 1.807) is 18.0 Å². The molecule has 244 valence electrons. The van der Waals surface area contributed by atoms with Crippen molar-refractivity contribution in [2.75, 3.05) is 31.6 Å². The van der Waals surface area contributed by atoms with E-state index in [1.165, 1.54) is 0 Å². The molecule has 3 rings (SSSR count). The highest BCUT2D eigenvalue weighted by atomic mass is 35.5. The van der Waals surface area contributed by atoms with E-state index < -0.39 is 32.1 Å². The molecule has 1 atom stereocenters. The van der Waals surface area contributed by atoms with Crippen molar-refractivity contribution in [2.45, 2.75) is 78.3 Å².